The molecule has 1 rings (SSSR count). The predicted octanol–water partition coefficient (Wildman–Crippen LogP) is 2.78. The molecular formula is C15H26N2. The summed E-state index contributed by atoms with van der Waals surface area (Å²) in [5, 5.41) is 6.99. The third kappa shape index (κ3) is 5.85. The summed E-state index contributed by atoms with van der Waals surface area (Å²) in [5.74, 6) is 0. The van der Waals surface area contributed by atoms with Crippen LogP contribution in [0.3, 0.4) is 0 Å². The summed E-state index contributed by atoms with van der Waals surface area (Å²) in [6.07, 6.45) is 0. The lowest BCUT2D eigenvalue weighted by Crippen LogP contribution is -2.38. The molecule has 2 N–H and O–H groups in total. The van der Waals surface area contributed by atoms with E-state index in [0.717, 1.165) is 13.1 Å². The molecule has 0 fully saturated rings. The molecular weight excluding hydrogens is 208 g/mol. The standard InChI is InChI=1S/C15H26N2/c1-11(2)16-9-14(5)17-10-15-7-12(3)6-13(4)8-15/h6-8,11,14,16-17H,9-10H2,1-5H3. The zero-order chi connectivity index (χ0) is 12.8. The summed E-state index contributed by atoms with van der Waals surface area (Å²) < 4.78 is 0. The average molecular weight is 234 g/mol. The second-order valence-electron chi connectivity index (χ2n) is 5.34. The van der Waals surface area contributed by atoms with Crippen molar-refractivity contribution in [1.82, 2.24) is 10.6 Å². The van der Waals surface area contributed by atoms with Crippen LogP contribution in [0.2, 0.25) is 0 Å². The Balaban J connectivity index is 2.39. The maximum absolute atomic E-state index is 3.55. The van der Waals surface area contributed by atoms with E-state index < -0.39 is 0 Å². The Labute approximate surface area is 106 Å². The first-order valence-corrected chi connectivity index (χ1v) is 6.51. The second-order valence-corrected chi connectivity index (χ2v) is 5.34. The van der Waals surface area contributed by atoms with Gasteiger partial charge in [-0.3, -0.25) is 0 Å². The minimum absolute atomic E-state index is 0.498. The maximum atomic E-state index is 3.55. The van der Waals surface area contributed by atoms with Crippen molar-refractivity contribution >= 4 is 0 Å². The zero-order valence-corrected chi connectivity index (χ0v) is 11.8. The molecule has 0 aliphatic rings. The number of hydrogen-bond acceptors (Lipinski definition) is 2. The minimum Gasteiger partial charge on any atom is -0.313 e. The predicted molar refractivity (Wildman–Crippen MR) is 75.4 cm³/mol. The Morgan fingerprint density at radius 3 is 2.06 bits per heavy atom. The summed E-state index contributed by atoms with van der Waals surface area (Å²) in [4.78, 5) is 0. The van der Waals surface area contributed by atoms with E-state index in [1.165, 1.54) is 16.7 Å². The Bertz CT molecular complexity index is 325. The number of hydrogen-bond donors (Lipinski definition) is 2. The highest BCUT2D eigenvalue weighted by atomic mass is 15.0. The molecule has 1 atom stereocenters. The molecule has 17 heavy (non-hydrogen) atoms. The molecule has 0 saturated heterocycles. The molecule has 0 aromatic heterocycles. The molecule has 0 bridgehead atoms. The summed E-state index contributed by atoms with van der Waals surface area (Å²) in [7, 11) is 0. The fourth-order valence-electron chi connectivity index (χ4n) is 1.95. The SMILES string of the molecule is Cc1cc(C)cc(CNC(C)CNC(C)C)c1. The van der Waals surface area contributed by atoms with Gasteiger partial charge in [-0.15, -0.1) is 0 Å². The summed E-state index contributed by atoms with van der Waals surface area (Å²) in [6.45, 7) is 12.8. The number of nitrogens with one attached hydrogen (secondary N) is 2. The molecule has 0 radical (unpaired) electrons. The molecule has 1 aromatic rings. The van der Waals surface area contributed by atoms with E-state index >= 15 is 0 Å². The maximum Gasteiger partial charge on any atom is 0.0208 e. The van der Waals surface area contributed by atoms with Crippen molar-refractivity contribution < 1.29 is 0 Å². The van der Waals surface area contributed by atoms with Gasteiger partial charge in [-0.1, -0.05) is 43.2 Å². The second kappa shape index (κ2) is 6.77. The van der Waals surface area contributed by atoms with Crippen molar-refractivity contribution in [3.8, 4) is 0 Å². The van der Waals surface area contributed by atoms with Crippen LogP contribution in [0.5, 0.6) is 0 Å². The van der Waals surface area contributed by atoms with Gasteiger partial charge in [0.1, 0.15) is 0 Å². The molecule has 96 valence electrons. The lowest BCUT2D eigenvalue weighted by atomic mass is 10.1. The summed E-state index contributed by atoms with van der Waals surface area (Å²) in [6, 6.07) is 7.78. The molecule has 0 aliphatic carbocycles. The van der Waals surface area contributed by atoms with Crippen LogP contribution >= 0.6 is 0 Å². The van der Waals surface area contributed by atoms with Crippen LogP contribution < -0.4 is 10.6 Å². The van der Waals surface area contributed by atoms with Crippen molar-refractivity contribution in [1.29, 1.82) is 0 Å². The van der Waals surface area contributed by atoms with Crippen molar-refractivity contribution in [3.63, 3.8) is 0 Å². The van der Waals surface area contributed by atoms with Gasteiger partial charge in [0.05, 0.1) is 0 Å². The lowest BCUT2D eigenvalue weighted by molar-refractivity contribution is 0.474. The van der Waals surface area contributed by atoms with E-state index in [-0.39, 0.29) is 0 Å². The van der Waals surface area contributed by atoms with Gasteiger partial charge in [-0.2, -0.15) is 0 Å². The first-order valence-electron chi connectivity index (χ1n) is 6.51. The van der Waals surface area contributed by atoms with Crippen LogP contribution in [0.4, 0.5) is 0 Å². The first kappa shape index (κ1) is 14.2. The average Bonchev–Trinajstić information content (AvgIpc) is 2.22. The quantitative estimate of drug-likeness (QED) is 0.791. The van der Waals surface area contributed by atoms with E-state index in [4.69, 9.17) is 0 Å². The van der Waals surface area contributed by atoms with E-state index in [1.54, 1.807) is 0 Å². The van der Waals surface area contributed by atoms with Gasteiger partial charge in [-0.25, -0.2) is 0 Å². The van der Waals surface area contributed by atoms with Gasteiger partial charge in [0.25, 0.3) is 0 Å². The van der Waals surface area contributed by atoms with Gasteiger partial charge >= 0.3 is 0 Å². The van der Waals surface area contributed by atoms with Crippen molar-refractivity contribution in [2.24, 2.45) is 0 Å². The number of benzene rings is 1. The fourth-order valence-corrected chi connectivity index (χ4v) is 1.95. The molecule has 0 spiro atoms. The Morgan fingerprint density at radius 1 is 0.941 bits per heavy atom. The molecule has 0 aliphatic heterocycles. The smallest absolute Gasteiger partial charge is 0.0208 e. The van der Waals surface area contributed by atoms with Crippen LogP contribution in [-0.2, 0) is 6.54 Å². The third-order valence-electron chi connectivity index (χ3n) is 2.77. The van der Waals surface area contributed by atoms with Crippen LogP contribution in [-0.4, -0.2) is 18.6 Å². The van der Waals surface area contributed by atoms with Gasteiger partial charge in [0.15, 0.2) is 0 Å². The number of aryl methyl sites for hydroxylation is 2. The largest absolute Gasteiger partial charge is 0.313 e. The van der Waals surface area contributed by atoms with Crippen LogP contribution in [0.25, 0.3) is 0 Å². The normalized spacial score (nSPS) is 13.1. The molecule has 0 saturated carbocycles. The topological polar surface area (TPSA) is 24.1 Å². The third-order valence-corrected chi connectivity index (χ3v) is 2.77. The van der Waals surface area contributed by atoms with Crippen molar-refractivity contribution in [3.05, 3.63) is 34.9 Å². The van der Waals surface area contributed by atoms with Crippen molar-refractivity contribution in [2.75, 3.05) is 6.54 Å². The molecule has 2 nitrogen and oxygen atoms in total. The van der Waals surface area contributed by atoms with E-state index in [1.807, 2.05) is 0 Å². The monoisotopic (exact) mass is 234 g/mol. The fraction of sp³-hybridized carbons (Fsp3) is 0.600. The van der Waals surface area contributed by atoms with E-state index in [0.29, 0.717) is 12.1 Å². The summed E-state index contributed by atoms with van der Waals surface area (Å²) >= 11 is 0. The highest BCUT2D eigenvalue weighted by Gasteiger charge is 2.03. The highest BCUT2D eigenvalue weighted by Crippen LogP contribution is 2.08. The van der Waals surface area contributed by atoms with Crippen LogP contribution in [0.1, 0.15) is 37.5 Å². The van der Waals surface area contributed by atoms with Gasteiger partial charge in [0.2, 0.25) is 0 Å². The molecule has 2 heteroatoms. The Morgan fingerprint density at radius 2 is 1.53 bits per heavy atom. The summed E-state index contributed by atoms with van der Waals surface area (Å²) in [5.41, 5.74) is 4.06. The highest BCUT2D eigenvalue weighted by molar-refractivity contribution is 5.28. The minimum atomic E-state index is 0.498. The molecule has 0 amide bonds. The molecule has 1 aromatic carbocycles. The van der Waals surface area contributed by atoms with Gasteiger partial charge in [-0.05, 0) is 26.3 Å². The molecule has 0 heterocycles. The molecule has 1 unspecified atom stereocenters. The Kier molecular flexibility index (Phi) is 5.66. The first-order chi connectivity index (χ1) is 7.97. The van der Waals surface area contributed by atoms with Gasteiger partial charge < -0.3 is 10.6 Å². The van der Waals surface area contributed by atoms with Crippen molar-refractivity contribution in [2.45, 2.75) is 53.2 Å². The van der Waals surface area contributed by atoms with E-state index in [9.17, 15) is 0 Å². The van der Waals surface area contributed by atoms with E-state index in [2.05, 4.69) is 63.5 Å². The van der Waals surface area contributed by atoms with Crippen LogP contribution in [0.15, 0.2) is 18.2 Å². The Hall–Kier alpha value is -0.860. The van der Waals surface area contributed by atoms with Gasteiger partial charge in [0, 0.05) is 25.2 Å². The number of rotatable bonds is 6. The zero-order valence-electron chi connectivity index (χ0n) is 11.8. The lowest BCUT2D eigenvalue weighted by Gasteiger charge is -2.17. The van der Waals surface area contributed by atoms with Crippen LogP contribution in [0, 0.1) is 13.8 Å².